The first-order valence-electron chi connectivity index (χ1n) is 12.3. The number of halogens is 2. The third kappa shape index (κ3) is 6.17. The van der Waals surface area contributed by atoms with Gasteiger partial charge in [0.25, 0.3) is 17.1 Å². The molecule has 41 heavy (non-hydrogen) atoms. The Morgan fingerprint density at radius 2 is 1.85 bits per heavy atom. The van der Waals surface area contributed by atoms with Gasteiger partial charge in [-0.3, -0.25) is 19.3 Å². The van der Waals surface area contributed by atoms with Crippen molar-refractivity contribution in [2.24, 2.45) is 0 Å². The summed E-state index contributed by atoms with van der Waals surface area (Å²) in [5.41, 5.74) is 3.88. The third-order valence-electron chi connectivity index (χ3n) is 6.58. The number of amides is 3. The molecule has 0 saturated carbocycles. The fourth-order valence-corrected chi connectivity index (χ4v) is 5.67. The Kier molecular flexibility index (Phi) is 8.48. The van der Waals surface area contributed by atoms with Gasteiger partial charge in [-0.05, 0) is 84.3 Å². The van der Waals surface area contributed by atoms with Gasteiger partial charge in [-0.2, -0.15) is 0 Å². The summed E-state index contributed by atoms with van der Waals surface area (Å²) in [7, 11) is 1.48. The van der Waals surface area contributed by atoms with E-state index >= 15 is 0 Å². The molecule has 12 heteroatoms. The minimum atomic E-state index is -0.442. The molecule has 3 aromatic rings. The Morgan fingerprint density at radius 1 is 1.10 bits per heavy atom. The van der Waals surface area contributed by atoms with Gasteiger partial charge in [-0.25, -0.2) is 0 Å². The van der Waals surface area contributed by atoms with Gasteiger partial charge in [0.05, 0.1) is 18.6 Å². The van der Waals surface area contributed by atoms with E-state index in [1.54, 1.807) is 36.4 Å². The Balaban J connectivity index is 1.25. The summed E-state index contributed by atoms with van der Waals surface area (Å²) in [5, 5.41) is 2.81. The maximum absolute atomic E-state index is 13.1. The number of nitrogens with zero attached hydrogens (tertiary/aromatic N) is 1. The van der Waals surface area contributed by atoms with E-state index in [0.29, 0.717) is 44.8 Å². The Labute approximate surface area is 253 Å². The van der Waals surface area contributed by atoms with E-state index in [4.69, 9.17) is 30.5 Å². The minimum Gasteiger partial charge on any atom is -0.493 e. The average molecular weight is 660 g/mol. The van der Waals surface area contributed by atoms with Crippen LogP contribution in [0.4, 0.5) is 10.5 Å². The molecule has 3 aromatic carbocycles. The summed E-state index contributed by atoms with van der Waals surface area (Å²) >= 11 is 10.7. The Hall–Kier alpha value is -3.67. The van der Waals surface area contributed by atoms with Crippen molar-refractivity contribution in [3.8, 4) is 23.0 Å². The summed E-state index contributed by atoms with van der Waals surface area (Å²) in [5.74, 6) is 0.991. The van der Waals surface area contributed by atoms with Gasteiger partial charge in [-0.15, -0.1) is 0 Å². The van der Waals surface area contributed by atoms with Gasteiger partial charge in [0.2, 0.25) is 6.79 Å². The predicted molar refractivity (Wildman–Crippen MR) is 160 cm³/mol. The maximum atomic E-state index is 13.1. The van der Waals surface area contributed by atoms with Crippen molar-refractivity contribution in [2.45, 2.75) is 20.4 Å². The van der Waals surface area contributed by atoms with Crippen LogP contribution < -0.4 is 24.3 Å². The van der Waals surface area contributed by atoms with Gasteiger partial charge in [0.15, 0.2) is 29.6 Å². The van der Waals surface area contributed by atoms with Crippen LogP contribution in [0.15, 0.2) is 51.8 Å². The van der Waals surface area contributed by atoms with Crippen LogP contribution in [-0.2, 0) is 16.1 Å². The number of rotatable bonds is 8. The molecule has 0 atom stereocenters. The van der Waals surface area contributed by atoms with E-state index in [-0.39, 0.29) is 30.8 Å². The number of hydrogen-bond donors (Lipinski definition) is 1. The molecular weight excluding hydrogens is 636 g/mol. The number of anilines is 1. The van der Waals surface area contributed by atoms with E-state index in [1.807, 2.05) is 26.0 Å². The molecule has 1 saturated heterocycles. The first-order chi connectivity index (χ1) is 19.6. The summed E-state index contributed by atoms with van der Waals surface area (Å²) in [6.45, 7) is 3.75. The fraction of sp³-hybridized carbons (Fsp3) is 0.207. The summed E-state index contributed by atoms with van der Waals surface area (Å²) in [6, 6.07) is 12.0. The molecule has 2 aliphatic heterocycles. The number of hydrogen-bond acceptors (Lipinski definition) is 8. The van der Waals surface area contributed by atoms with E-state index in [0.717, 1.165) is 32.3 Å². The van der Waals surface area contributed by atoms with E-state index in [1.165, 1.54) is 7.11 Å². The number of imide groups is 1. The number of carbonyl (C=O) groups is 3. The second-order valence-electron chi connectivity index (χ2n) is 9.16. The second kappa shape index (κ2) is 12.1. The zero-order valence-electron chi connectivity index (χ0n) is 22.2. The first kappa shape index (κ1) is 28.8. The molecule has 1 N–H and O–H groups in total. The topological polar surface area (TPSA) is 103 Å². The summed E-state index contributed by atoms with van der Waals surface area (Å²) < 4.78 is 22.8. The number of fused-ring (bicyclic) bond motifs is 1. The smallest absolute Gasteiger partial charge is 0.293 e. The SMILES string of the molecule is COc1cc(/C=C2/SC(=O)N(Cc3cc4c(cc3Cl)OCO4)C2=O)ccc1OCC(=O)Nc1ccc(Br)c(C)c1C. The van der Waals surface area contributed by atoms with Crippen molar-refractivity contribution < 1.29 is 33.3 Å². The number of nitrogens with one attached hydrogen (secondary N) is 1. The van der Waals surface area contributed by atoms with Crippen molar-refractivity contribution in [2.75, 3.05) is 25.8 Å². The molecule has 212 valence electrons. The summed E-state index contributed by atoms with van der Waals surface area (Å²) in [6.07, 6.45) is 1.60. The highest BCUT2D eigenvalue weighted by molar-refractivity contribution is 9.10. The zero-order valence-corrected chi connectivity index (χ0v) is 25.4. The van der Waals surface area contributed by atoms with Crippen LogP contribution in [0.25, 0.3) is 6.08 Å². The predicted octanol–water partition coefficient (Wildman–Crippen LogP) is 6.71. The lowest BCUT2D eigenvalue weighted by atomic mass is 10.1. The largest absolute Gasteiger partial charge is 0.493 e. The van der Waals surface area contributed by atoms with Gasteiger partial charge in [0, 0.05) is 21.2 Å². The quantitative estimate of drug-likeness (QED) is 0.266. The molecule has 9 nitrogen and oxygen atoms in total. The van der Waals surface area contributed by atoms with E-state index in [9.17, 15) is 14.4 Å². The van der Waals surface area contributed by atoms with Gasteiger partial charge in [-0.1, -0.05) is 33.6 Å². The lowest BCUT2D eigenvalue weighted by Crippen LogP contribution is -2.27. The maximum Gasteiger partial charge on any atom is 0.293 e. The highest BCUT2D eigenvalue weighted by atomic mass is 79.9. The molecule has 1 fully saturated rings. The number of benzene rings is 3. The highest BCUT2D eigenvalue weighted by Gasteiger charge is 2.36. The normalized spacial score (nSPS) is 15.0. The molecule has 0 spiro atoms. The van der Waals surface area contributed by atoms with Crippen LogP contribution in [0.3, 0.4) is 0 Å². The van der Waals surface area contributed by atoms with Crippen LogP contribution >= 0.6 is 39.3 Å². The lowest BCUT2D eigenvalue weighted by Gasteiger charge is -2.14. The van der Waals surface area contributed by atoms with Crippen LogP contribution in [0, 0.1) is 13.8 Å². The van der Waals surface area contributed by atoms with Crippen molar-refractivity contribution in [3.63, 3.8) is 0 Å². The van der Waals surface area contributed by atoms with Gasteiger partial charge >= 0.3 is 0 Å². The highest BCUT2D eigenvalue weighted by Crippen LogP contribution is 2.40. The second-order valence-corrected chi connectivity index (χ2v) is 11.4. The van der Waals surface area contributed by atoms with Crippen LogP contribution in [0.5, 0.6) is 23.0 Å². The molecule has 0 radical (unpaired) electrons. The lowest BCUT2D eigenvalue weighted by molar-refractivity contribution is -0.123. The number of carbonyl (C=O) groups excluding carboxylic acids is 3. The molecule has 0 unspecified atom stereocenters. The molecule has 0 aromatic heterocycles. The standard InChI is InChI=1S/C29H24BrClN2O7S/c1-15-16(2)21(6-5-19(15)30)32-27(34)13-38-22-7-4-17(8-23(22)37-3)9-26-28(35)33(29(36)41-26)12-18-10-24-25(11-20(18)31)40-14-39-24/h4-11H,12-14H2,1-3H3,(H,32,34)/b26-9+. The molecular formula is C29H24BrClN2O7S. The Bertz CT molecular complexity index is 1610. The average Bonchev–Trinajstić information content (AvgIpc) is 3.51. The van der Waals surface area contributed by atoms with Crippen LogP contribution in [0.2, 0.25) is 5.02 Å². The van der Waals surface area contributed by atoms with Crippen molar-refractivity contribution in [1.82, 2.24) is 4.90 Å². The third-order valence-corrected chi connectivity index (χ3v) is 8.70. The molecule has 5 rings (SSSR count). The van der Waals surface area contributed by atoms with E-state index < -0.39 is 11.1 Å². The van der Waals surface area contributed by atoms with E-state index in [2.05, 4.69) is 21.2 Å². The monoisotopic (exact) mass is 658 g/mol. The summed E-state index contributed by atoms with van der Waals surface area (Å²) in [4.78, 5) is 39.7. The van der Waals surface area contributed by atoms with Crippen molar-refractivity contribution in [1.29, 1.82) is 0 Å². The van der Waals surface area contributed by atoms with Crippen molar-refractivity contribution >= 4 is 68.1 Å². The van der Waals surface area contributed by atoms with Gasteiger partial charge in [0.1, 0.15) is 0 Å². The minimum absolute atomic E-state index is 0.00497. The Morgan fingerprint density at radius 3 is 2.61 bits per heavy atom. The van der Waals surface area contributed by atoms with Crippen molar-refractivity contribution in [3.05, 3.63) is 79.1 Å². The first-order valence-corrected chi connectivity index (χ1v) is 14.3. The number of thioether (sulfide) groups is 1. The van der Waals surface area contributed by atoms with Crippen LogP contribution in [-0.4, -0.2) is 42.5 Å². The molecule has 2 aliphatic rings. The molecule has 3 amide bonds. The molecule has 0 aliphatic carbocycles. The molecule has 2 heterocycles. The zero-order chi connectivity index (χ0) is 29.3. The van der Waals surface area contributed by atoms with Crippen LogP contribution in [0.1, 0.15) is 22.3 Å². The number of methoxy groups -OCH3 is 1. The van der Waals surface area contributed by atoms with Gasteiger partial charge < -0.3 is 24.3 Å². The molecule has 0 bridgehead atoms. The number of ether oxygens (including phenoxy) is 4. The fourth-order valence-electron chi connectivity index (χ4n) is 4.18.